The normalized spacial score (nSPS) is 20.1. The van der Waals surface area contributed by atoms with Crippen LogP contribution in [0.25, 0.3) is 0 Å². The van der Waals surface area contributed by atoms with Gasteiger partial charge in [-0.3, -0.25) is 4.79 Å². The van der Waals surface area contributed by atoms with Gasteiger partial charge in [0.2, 0.25) is 5.91 Å². The number of nitrogens with one attached hydrogen (secondary N) is 1. The van der Waals surface area contributed by atoms with Gasteiger partial charge in [-0.05, 0) is 56.3 Å². The Bertz CT molecular complexity index is 453. The molecule has 0 unspecified atom stereocenters. The maximum atomic E-state index is 12.6. The maximum Gasteiger partial charge on any atom is 0.226 e. The third-order valence-electron chi connectivity index (χ3n) is 4.82. The summed E-state index contributed by atoms with van der Waals surface area (Å²) in [5.74, 6) is 1.31. The highest BCUT2D eigenvalue weighted by atomic mass is 16.2. The van der Waals surface area contributed by atoms with Crippen LogP contribution in [-0.4, -0.2) is 37.5 Å². The van der Waals surface area contributed by atoms with E-state index in [1.165, 1.54) is 11.1 Å². The number of likely N-dealkylation sites (tertiary alicyclic amines) is 1. The van der Waals surface area contributed by atoms with Crippen molar-refractivity contribution in [3.8, 4) is 0 Å². The summed E-state index contributed by atoms with van der Waals surface area (Å²) in [6.45, 7) is 2.97. The smallest absolute Gasteiger partial charge is 0.226 e. The Kier molecular flexibility index (Phi) is 4.06. The van der Waals surface area contributed by atoms with Gasteiger partial charge in [-0.1, -0.05) is 24.3 Å². The van der Waals surface area contributed by atoms with Gasteiger partial charge < -0.3 is 10.2 Å². The minimum Gasteiger partial charge on any atom is -0.342 e. The second-order valence-electron chi connectivity index (χ2n) is 6.20. The molecule has 0 radical (unpaired) electrons. The van der Waals surface area contributed by atoms with Gasteiger partial charge in [0, 0.05) is 19.0 Å². The van der Waals surface area contributed by atoms with Gasteiger partial charge in [0.1, 0.15) is 0 Å². The van der Waals surface area contributed by atoms with Crippen molar-refractivity contribution < 1.29 is 4.79 Å². The molecule has 0 spiro atoms. The summed E-state index contributed by atoms with van der Waals surface area (Å²) in [5, 5.41) is 3.25. The van der Waals surface area contributed by atoms with Crippen LogP contribution < -0.4 is 5.32 Å². The highest BCUT2D eigenvalue weighted by molar-refractivity contribution is 5.80. The molecule has 1 heterocycles. The lowest BCUT2D eigenvalue weighted by Crippen LogP contribution is -2.43. The molecule has 1 aliphatic heterocycles. The molecule has 108 valence electrons. The number of fused-ring (bicyclic) bond motifs is 1. The Hall–Kier alpha value is -1.35. The summed E-state index contributed by atoms with van der Waals surface area (Å²) in [4.78, 5) is 14.7. The minimum atomic E-state index is 0.188. The maximum absolute atomic E-state index is 12.6. The molecule has 1 saturated heterocycles. The molecule has 2 aliphatic rings. The number of nitrogens with zero attached hydrogens (tertiary/aromatic N) is 1. The van der Waals surface area contributed by atoms with Crippen molar-refractivity contribution in [2.24, 2.45) is 11.8 Å². The number of amides is 1. The third-order valence-corrected chi connectivity index (χ3v) is 4.82. The molecule has 3 rings (SSSR count). The fraction of sp³-hybridized carbons (Fsp3) is 0.588. The summed E-state index contributed by atoms with van der Waals surface area (Å²) in [6, 6.07) is 8.49. The molecule has 0 saturated carbocycles. The lowest BCUT2D eigenvalue weighted by atomic mass is 9.95. The van der Waals surface area contributed by atoms with Crippen LogP contribution >= 0.6 is 0 Å². The van der Waals surface area contributed by atoms with E-state index in [0.717, 1.165) is 51.2 Å². The summed E-state index contributed by atoms with van der Waals surface area (Å²) in [7, 11) is 2.01. The van der Waals surface area contributed by atoms with Gasteiger partial charge in [-0.2, -0.15) is 0 Å². The molecule has 20 heavy (non-hydrogen) atoms. The largest absolute Gasteiger partial charge is 0.342 e. The SMILES string of the molecule is CNCC1CCN(C(=O)C2Cc3ccccc3C2)CC1. The molecule has 1 N–H and O–H groups in total. The van der Waals surface area contributed by atoms with Crippen LogP contribution in [0.5, 0.6) is 0 Å². The average Bonchev–Trinajstić information content (AvgIpc) is 2.91. The van der Waals surface area contributed by atoms with Crippen LogP contribution in [0.1, 0.15) is 24.0 Å². The number of benzene rings is 1. The zero-order valence-corrected chi connectivity index (χ0v) is 12.3. The third kappa shape index (κ3) is 2.73. The van der Waals surface area contributed by atoms with E-state index in [2.05, 4.69) is 34.5 Å². The Morgan fingerprint density at radius 1 is 1.20 bits per heavy atom. The monoisotopic (exact) mass is 272 g/mol. The van der Waals surface area contributed by atoms with Crippen LogP contribution in [0, 0.1) is 11.8 Å². The first-order valence-corrected chi connectivity index (χ1v) is 7.78. The fourth-order valence-corrected chi connectivity index (χ4v) is 3.64. The molecule has 0 aromatic heterocycles. The van der Waals surface area contributed by atoms with Crippen LogP contribution in [0.3, 0.4) is 0 Å². The van der Waals surface area contributed by atoms with E-state index in [4.69, 9.17) is 0 Å². The van der Waals surface area contributed by atoms with E-state index in [9.17, 15) is 4.79 Å². The lowest BCUT2D eigenvalue weighted by molar-refractivity contribution is -0.136. The number of piperidine rings is 1. The highest BCUT2D eigenvalue weighted by Gasteiger charge is 2.32. The molecular weight excluding hydrogens is 248 g/mol. The first-order valence-electron chi connectivity index (χ1n) is 7.78. The molecule has 3 nitrogen and oxygen atoms in total. The molecule has 1 aromatic carbocycles. The van der Waals surface area contributed by atoms with Crippen LogP contribution in [0.15, 0.2) is 24.3 Å². The summed E-state index contributed by atoms with van der Waals surface area (Å²) in [5.41, 5.74) is 2.74. The summed E-state index contributed by atoms with van der Waals surface area (Å²) in [6.07, 6.45) is 4.16. The fourth-order valence-electron chi connectivity index (χ4n) is 3.64. The minimum absolute atomic E-state index is 0.188. The first kappa shape index (κ1) is 13.6. The predicted molar refractivity (Wildman–Crippen MR) is 80.6 cm³/mol. The Morgan fingerprint density at radius 2 is 1.80 bits per heavy atom. The zero-order valence-electron chi connectivity index (χ0n) is 12.3. The van der Waals surface area contributed by atoms with E-state index in [1.54, 1.807) is 0 Å². The van der Waals surface area contributed by atoms with Crippen molar-refractivity contribution in [1.82, 2.24) is 10.2 Å². The van der Waals surface area contributed by atoms with Crippen LogP contribution in [0.2, 0.25) is 0 Å². The van der Waals surface area contributed by atoms with Gasteiger partial charge in [-0.25, -0.2) is 0 Å². The number of rotatable bonds is 3. The van der Waals surface area contributed by atoms with Crippen molar-refractivity contribution in [2.75, 3.05) is 26.7 Å². The van der Waals surface area contributed by atoms with E-state index in [1.807, 2.05) is 7.05 Å². The standard InChI is InChI=1S/C17H24N2O/c1-18-12-13-6-8-19(9-7-13)17(20)16-10-14-4-2-3-5-15(14)11-16/h2-5,13,16,18H,6-12H2,1H3. The topological polar surface area (TPSA) is 32.3 Å². The predicted octanol–water partition coefficient (Wildman–Crippen LogP) is 1.86. The zero-order chi connectivity index (χ0) is 13.9. The Balaban J connectivity index is 1.56. The van der Waals surface area contributed by atoms with Gasteiger partial charge >= 0.3 is 0 Å². The molecule has 3 heteroatoms. The Labute approximate surface area is 121 Å². The van der Waals surface area contributed by atoms with Crippen LogP contribution in [0.4, 0.5) is 0 Å². The molecule has 1 aromatic rings. The van der Waals surface area contributed by atoms with Crippen molar-refractivity contribution in [2.45, 2.75) is 25.7 Å². The number of carbonyl (C=O) groups is 1. The van der Waals surface area contributed by atoms with E-state index >= 15 is 0 Å². The van der Waals surface area contributed by atoms with Gasteiger partial charge in [-0.15, -0.1) is 0 Å². The second-order valence-corrected chi connectivity index (χ2v) is 6.20. The molecule has 1 aliphatic carbocycles. The van der Waals surface area contributed by atoms with Crippen molar-refractivity contribution in [1.29, 1.82) is 0 Å². The molecule has 1 fully saturated rings. The van der Waals surface area contributed by atoms with Gasteiger partial charge in [0.05, 0.1) is 0 Å². The molecule has 0 bridgehead atoms. The van der Waals surface area contributed by atoms with E-state index in [-0.39, 0.29) is 5.92 Å². The Morgan fingerprint density at radius 3 is 2.35 bits per heavy atom. The lowest BCUT2D eigenvalue weighted by Gasteiger charge is -2.33. The van der Waals surface area contributed by atoms with Crippen molar-refractivity contribution in [3.05, 3.63) is 35.4 Å². The quantitative estimate of drug-likeness (QED) is 0.911. The second kappa shape index (κ2) is 5.96. The number of carbonyl (C=O) groups excluding carboxylic acids is 1. The molecule has 1 amide bonds. The van der Waals surface area contributed by atoms with Crippen LogP contribution in [-0.2, 0) is 17.6 Å². The average molecular weight is 272 g/mol. The van der Waals surface area contributed by atoms with Crippen molar-refractivity contribution >= 4 is 5.91 Å². The molecule has 0 atom stereocenters. The van der Waals surface area contributed by atoms with Gasteiger partial charge in [0.15, 0.2) is 0 Å². The number of hydrogen-bond donors (Lipinski definition) is 1. The van der Waals surface area contributed by atoms with Gasteiger partial charge in [0.25, 0.3) is 0 Å². The molecular formula is C17H24N2O. The van der Waals surface area contributed by atoms with E-state index in [0.29, 0.717) is 5.91 Å². The highest BCUT2D eigenvalue weighted by Crippen LogP contribution is 2.29. The number of hydrogen-bond acceptors (Lipinski definition) is 2. The summed E-state index contributed by atoms with van der Waals surface area (Å²) >= 11 is 0. The first-order chi connectivity index (χ1) is 9.78. The van der Waals surface area contributed by atoms with Crippen molar-refractivity contribution in [3.63, 3.8) is 0 Å². The van der Waals surface area contributed by atoms with E-state index < -0.39 is 0 Å². The summed E-state index contributed by atoms with van der Waals surface area (Å²) < 4.78 is 0.